The number of nitrogens with zero attached hydrogens (tertiary/aromatic N) is 1. The monoisotopic (exact) mass is 254 g/mol. The summed E-state index contributed by atoms with van der Waals surface area (Å²) in [6, 6.07) is 6.40. The van der Waals surface area contributed by atoms with E-state index in [-0.39, 0.29) is 0 Å². The smallest absolute Gasteiger partial charge is 0.243 e. The summed E-state index contributed by atoms with van der Waals surface area (Å²) in [5.74, 6) is 0.437. The molecule has 1 heterocycles. The number of rotatable bonds is 2. The predicted octanol–water partition coefficient (Wildman–Crippen LogP) is 1.69. The van der Waals surface area contributed by atoms with E-state index >= 15 is 0 Å². The first-order valence-corrected chi connectivity index (χ1v) is 7.30. The molecule has 0 amide bonds. The van der Waals surface area contributed by atoms with Crippen LogP contribution in [0.25, 0.3) is 0 Å². The van der Waals surface area contributed by atoms with Crippen molar-refractivity contribution in [1.82, 2.24) is 4.31 Å². The Morgan fingerprint density at radius 1 is 1.29 bits per heavy atom. The van der Waals surface area contributed by atoms with Gasteiger partial charge in [0.2, 0.25) is 10.0 Å². The second-order valence-electron chi connectivity index (χ2n) is 4.68. The Morgan fingerprint density at radius 2 is 1.94 bits per heavy atom. The Balaban J connectivity index is 2.26. The zero-order chi connectivity index (χ0) is 12.5. The van der Waals surface area contributed by atoms with Gasteiger partial charge in [0.1, 0.15) is 0 Å². The first kappa shape index (κ1) is 12.4. The number of sulfonamides is 1. The molecule has 0 aromatic heterocycles. The first-order valence-electron chi connectivity index (χ1n) is 5.86. The molecule has 0 unspecified atom stereocenters. The van der Waals surface area contributed by atoms with Crippen LogP contribution in [0.4, 0.5) is 5.69 Å². The molecule has 17 heavy (non-hydrogen) atoms. The molecule has 4 nitrogen and oxygen atoms in total. The molecule has 1 aromatic carbocycles. The van der Waals surface area contributed by atoms with E-state index in [4.69, 9.17) is 5.73 Å². The minimum absolute atomic E-state index is 0.334. The lowest BCUT2D eigenvalue weighted by Gasteiger charge is -2.30. The number of nitrogen functional groups attached to an aromatic ring is 1. The maximum absolute atomic E-state index is 12.3. The molecule has 1 saturated heterocycles. The maximum atomic E-state index is 12.3. The number of piperidine rings is 1. The highest BCUT2D eigenvalue weighted by atomic mass is 32.2. The van der Waals surface area contributed by atoms with Gasteiger partial charge < -0.3 is 5.73 Å². The van der Waals surface area contributed by atoms with Crippen molar-refractivity contribution in [3.8, 4) is 0 Å². The third kappa shape index (κ3) is 2.61. The summed E-state index contributed by atoms with van der Waals surface area (Å²) >= 11 is 0. The number of hydrogen-bond donors (Lipinski definition) is 1. The Labute approximate surface area is 102 Å². The van der Waals surface area contributed by atoms with Gasteiger partial charge in [0.15, 0.2) is 0 Å². The van der Waals surface area contributed by atoms with Crippen LogP contribution in [0, 0.1) is 5.92 Å². The van der Waals surface area contributed by atoms with Crippen molar-refractivity contribution in [2.45, 2.75) is 24.7 Å². The maximum Gasteiger partial charge on any atom is 0.243 e. The highest BCUT2D eigenvalue weighted by molar-refractivity contribution is 7.89. The molecule has 5 heteroatoms. The number of anilines is 1. The third-order valence-electron chi connectivity index (χ3n) is 3.14. The van der Waals surface area contributed by atoms with Gasteiger partial charge in [0.25, 0.3) is 0 Å². The Hall–Kier alpha value is -1.07. The highest BCUT2D eigenvalue weighted by Gasteiger charge is 2.28. The van der Waals surface area contributed by atoms with Crippen molar-refractivity contribution in [2.24, 2.45) is 5.92 Å². The summed E-state index contributed by atoms with van der Waals surface area (Å²) < 4.78 is 26.2. The van der Waals surface area contributed by atoms with E-state index in [1.807, 2.05) is 0 Å². The lowest BCUT2D eigenvalue weighted by atomic mass is 10.0. The van der Waals surface area contributed by atoms with Gasteiger partial charge in [-0.1, -0.05) is 6.92 Å². The van der Waals surface area contributed by atoms with Crippen molar-refractivity contribution in [2.75, 3.05) is 18.8 Å². The molecule has 0 radical (unpaired) electrons. The molecule has 1 aromatic rings. The van der Waals surface area contributed by atoms with Crippen LogP contribution in [0.2, 0.25) is 0 Å². The summed E-state index contributed by atoms with van der Waals surface area (Å²) in [4.78, 5) is 0.334. The minimum atomic E-state index is -3.33. The van der Waals surface area contributed by atoms with Crippen molar-refractivity contribution in [1.29, 1.82) is 0 Å². The molecule has 1 atom stereocenters. The van der Waals surface area contributed by atoms with Crippen LogP contribution >= 0.6 is 0 Å². The van der Waals surface area contributed by atoms with E-state index in [0.717, 1.165) is 12.8 Å². The van der Waals surface area contributed by atoms with Crippen LogP contribution in [0.15, 0.2) is 29.2 Å². The summed E-state index contributed by atoms with van der Waals surface area (Å²) in [5, 5.41) is 0. The molecular weight excluding hydrogens is 236 g/mol. The van der Waals surface area contributed by atoms with E-state index in [1.54, 1.807) is 28.6 Å². The van der Waals surface area contributed by atoms with Crippen LogP contribution in [-0.2, 0) is 10.0 Å². The van der Waals surface area contributed by atoms with Crippen molar-refractivity contribution in [3.05, 3.63) is 24.3 Å². The SMILES string of the molecule is C[C@@H]1CCCN(S(=O)(=O)c2ccc(N)cc2)C1. The van der Waals surface area contributed by atoms with Crippen molar-refractivity contribution < 1.29 is 8.42 Å². The number of nitrogens with two attached hydrogens (primary N) is 1. The van der Waals surface area contributed by atoms with Crippen LogP contribution in [-0.4, -0.2) is 25.8 Å². The molecule has 0 bridgehead atoms. The van der Waals surface area contributed by atoms with Gasteiger partial charge in [0.05, 0.1) is 4.90 Å². The third-order valence-corrected chi connectivity index (χ3v) is 5.02. The zero-order valence-electron chi connectivity index (χ0n) is 9.96. The Bertz CT molecular complexity index is 482. The van der Waals surface area contributed by atoms with E-state index in [0.29, 0.717) is 29.6 Å². The fourth-order valence-corrected chi connectivity index (χ4v) is 3.75. The molecule has 94 valence electrons. The van der Waals surface area contributed by atoms with Crippen LogP contribution in [0.5, 0.6) is 0 Å². The molecule has 1 aliphatic rings. The summed E-state index contributed by atoms with van der Waals surface area (Å²) in [7, 11) is -3.33. The molecule has 2 rings (SSSR count). The largest absolute Gasteiger partial charge is 0.399 e. The second-order valence-corrected chi connectivity index (χ2v) is 6.62. The molecular formula is C12H18N2O2S. The highest BCUT2D eigenvalue weighted by Crippen LogP contribution is 2.23. The fourth-order valence-electron chi connectivity index (χ4n) is 2.15. The molecule has 1 aliphatic heterocycles. The fraction of sp³-hybridized carbons (Fsp3) is 0.500. The van der Waals surface area contributed by atoms with Crippen LogP contribution in [0.1, 0.15) is 19.8 Å². The molecule has 2 N–H and O–H groups in total. The summed E-state index contributed by atoms with van der Waals surface area (Å²) in [5.41, 5.74) is 6.14. The predicted molar refractivity (Wildman–Crippen MR) is 68.0 cm³/mol. The minimum Gasteiger partial charge on any atom is -0.399 e. The van der Waals surface area contributed by atoms with Gasteiger partial charge >= 0.3 is 0 Å². The average molecular weight is 254 g/mol. The van der Waals surface area contributed by atoms with Gasteiger partial charge in [0, 0.05) is 18.8 Å². The van der Waals surface area contributed by atoms with Gasteiger partial charge in [-0.25, -0.2) is 8.42 Å². The standard InChI is InChI=1S/C12H18N2O2S/c1-10-3-2-8-14(9-10)17(15,16)12-6-4-11(13)5-7-12/h4-7,10H,2-3,8-9,13H2,1H3/t10-/m1/s1. The van der Waals surface area contributed by atoms with Gasteiger partial charge in [-0.2, -0.15) is 4.31 Å². The molecule has 1 fully saturated rings. The van der Waals surface area contributed by atoms with Crippen molar-refractivity contribution in [3.63, 3.8) is 0 Å². The number of hydrogen-bond acceptors (Lipinski definition) is 3. The second kappa shape index (κ2) is 4.66. The topological polar surface area (TPSA) is 63.4 Å². The summed E-state index contributed by atoms with van der Waals surface area (Å²) in [6.07, 6.45) is 2.04. The number of benzene rings is 1. The lowest BCUT2D eigenvalue weighted by Crippen LogP contribution is -2.39. The van der Waals surface area contributed by atoms with Gasteiger partial charge in [-0.05, 0) is 43.0 Å². The Kier molecular flexibility index (Phi) is 3.40. The lowest BCUT2D eigenvalue weighted by molar-refractivity contribution is 0.281. The van der Waals surface area contributed by atoms with E-state index in [1.165, 1.54) is 0 Å². The zero-order valence-corrected chi connectivity index (χ0v) is 10.8. The van der Waals surface area contributed by atoms with Gasteiger partial charge in [-0.15, -0.1) is 0 Å². The molecule has 0 saturated carbocycles. The summed E-state index contributed by atoms with van der Waals surface area (Å²) in [6.45, 7) is 3.33. The van der Waals surface area contributed by atoms with E-state index < -0.39 is 10.0 Å². The molecule has 0 aliphatic carbocycles. The van der Waals surface area contributed by atoms with E-state index in [2.05, 4.69) is 6.92 Å². The van der Waals surface area contributed by atoms with Crippen LogP contribution in [0.3, 0.4) is 0 Å². The van der Waals surface area contributed by atoms with Crippen LogP contribution < -0.4 is 5.73 Å². The van der Waals surface area contributed by atoms with E-state index in [9.17, 15) is 8.42 Å². The average Bonchev–Trinajstić information content (AvgIpc) is 2.29. The Morgan fingerprint density at radius 3 is 2.53 bits per heavy atom. The van der Waals surface area contributed by atoms with Gasteiger partial charge in [-0.3, -0.25) is 0 Å². The molecule has 0 spiro atoms. The van der Waals surface area contributed by atoms with Crippen molar-refractivity contribution >= 4 is 15.7 Å². The normalized spacial score (nSPS) is 22.5. The quantitative estimate of drug-likeness (QED) is 0.817. The first-order chi connectivity index (χ1) is 8.00.